The zero-order valence-corrected chi connectivity index (χ0v) is 11.0. The number of anilines is 1. The summed E-state index contributed by atoms with van der Waals surface area (Å²) in [5, 5.41) is 16.3. The standard InChI is InChI=1S/C12H16N2O3S/c1-2-3-4-13-12(18)14-8-5-10-11(6-9(8)15)17-7-16-10/h5-6,15H,2-4,7H2,1H3,(H2,13,14,18). The highest BCUT2D eigenvalue weighted by Crippen LogP contribution is 2.40. The molecule has 0 saturated heterocycles. The lowest BCUT2D eigenvalue weighted by Gasteiger charge is -2.11. The van der Waals surface area contributed by atoms with Crippen molar-refractivity contribution in [1.82, 2.24) is 5.32 Å². The zero-order chi connectivity index (χ0) is 13.0. The number of nitrogens with one attached hydrogen (secondary N) is 2. The molecule has 6 heteroatoms. The van der Waals surface area contributed by atoms with Gasteiger partial charge in [0.1, 0.15) is 5.75 Å². The molecule has 18 heavy (non-hydrogen) atoms. The van der Waals surface area contributed by atoms with Crippen LogP contribution in [0.2, 0.25) is 0 Å². The average Bonchev–Trinajstić information content (AvgIpc) is 2.77. The summed E-state index contributed by atoms with van der Waals surface area (Å²) in [5.41, 5.74) is 0.508. The van der Waals surface area contributed by atoms with Gasteiger partial charge in [-0.25, -0.2) is 0 Å². The number of aromatic hydroxyl groups is 1. The predicted octanol–water partition coefficient (Wildman–Crippen LogP) is 2.21. The van der Waals surface area contributed by atoms with E-state index in [1.54, 1.807) is 6.07 Å². The molecule has 3 N–H and O–H groups in total. The molecule has 0 aliphatic carbocycles. The molecule has 1 aliphatic rings. The lowest BCUT2D eigenvalue weighted by Crippen LogP contribution is -2.29. The Bertz CT molecular complexity index is 451. The Kier molecular flexibility index (Phi) is 4.09. The van der Waals surface area contributed by atoms with Crippen LogP contribution in [0.25, 0.3) is 0 Å². The van der Waals surface area contributed by atoms with Crippen LogP contribution >= 0.6 is 12.2 Å². The van der Waals surface area contributed by atoms with Crippen LogP contribution in [0.5, 0.6) is 17.2 Å². The average molecular weight is 268 g/mol. The molecular formula is C12H16N2O3S. The molecule has 98 valence electrons. The van der Waals surface area contributed by atoms with Gasteiger partial charge in [-0.3, -0.25) is 0 Å². The van der Waals surface area contributed by atoms with Crippen molar-refractivity contribution in [3.8, 4) is 17.2 Å². The monoisotopic (exact) mass is 268 g/mol. The summed E-state index contributed by atoms with van der Waals surface area (Å²) in [6.07, 6.45) is 2.15. The Balaban J connectivity index is 1.99. The van der Waals surface area contributed by atoms with E-state index in [0.29, 0.717) is 22.3 Å². The minimum Gasteiger partial charge on any atom is -0.506 e. The van der Waals surface area contributed by atoms with E-state index in [0.717, 1.165) is 19.4 Å². The number of fused-ring (bicyclic) bond motifs is 1. The van der Waals surface area contributed by atoms with Gasteiger partial charge in [-0.2, -0.15) is 0 Å². The van der Waals surface area contributed by atoms with Crippen molar-refractivity contribution in [2.75, 3.05) is 18.7 Å². The number of benzene rings is 1. The Morgan fingerprint density at radius 2 is 2.11 bits per heavy atom. The van der Waals surface area contributed by atoms with Crippen molar-refractivity contribution in [3.05, 3.63) is 12.1 Å². The smallest absolute Gasteiger partial charge is 0.231 e. The first-order valence-corrected chi connectivity index (χ1v) is 6.29. The molecule has 0 radical (unpaired) electrons. The number of hydrogen-bond donors (Lipinski definition) is 3. The van der Waals surface area contributed by atoms with Crippen LogP contribution in [0.3, 0.4) is 0 Å². The normalized spacial score (nSPS) is 12.3. The molecule has 0 saturated carbocycles. The summed E-state index contributed by atoms with van der Waals surface area (Å²) in [5.74, 6) is 1.23. The molecule has 0 fully saturated rings. The summed E-state index contributed by atoms with van der Waals surface area (Å²) in [7, 11) is 0. The van der Waals surface area contributed by atoms with Gasteiger partial charge in [0.15, 0.2) is 16.6 Å². The summed E-state index contributed by atoms with van der Waals surface area (Å²) < 4.78 is 10.4. The number of thiocarbonyl (C=S) groups is 1. The van der Waals surface area contributed by atoms with Crippen molar-refractivity contribution < 1.29 is 14.6 Å². The van der Waals surface area contributed by atoms with E-state index in [-0.39, 0.29) is 12.5 Å². The van der Waals surface area contributed by atoms with E-state index < -0.39 is 0 Å². The van der Waals surface area contributed by atoms with Crippen LogP contribution < -0.4 is 20.1 Å². The highest BCUT2D eigenvalue weighted by Gasteiger charge is 2.17. The Morgan fingerprint density at radius 1 is 1.39 bits per heavy atom. The lowest BCUT2D eigenvalue weighted by molar-refractivity contribution is 0.174. The van der Waals surface area contributed by atoms with E-state index in [1.165, 1.54) is 6.07 Å². The third-order valence-corrected chi connectivity index (χ3v) is 2.80. The first-order valence-electron chi connectivity index (χ1n) is 5.88. The molecule has 0 bridgehead atoms. The molecule has 0 spiro atoms. The van der Waals surface area contributed by atoms with Crippen LogP contribution in [0.1, 0.15) is 19.8 Å². The van der Waals surface area contributed by atoms with E-state index in [4.69, 9.17) is 21.7 Å². The molecular weight excluding hydrogens is 252 g/mol. The second kappa shape index (κ2) is 5.77. The van der Waals surface area contributed by atoms with Crippen molar-refractivity contribution in [3.63, 3.8) is 0 Å². The maximum Gasteiger partial charge on any atom is 0.231 e. The Labute approximate surface area is 111 Å². The fourth-order valence-corrected chi connectivity index (χ4v) is 1.79. The summed E-state index contributed by atoms with van der Waals surface area (Å²) in [4.78, 5) is 0. The van der Waals surface area contributed by atoms with Gasteiger partial charge in [0.2, 0.25) is 6.79 Å². The number of unbranched alkanes of at least 4 members (excludes halogenated alkanes) is 1. The fourth-order valence-electron chi connectivity index (χ4n) is 1.58. The van der Waals surface area contributed by atoms with E-state index in [9.17, 15) is 5.11 Å². The Morgan fingerprint density at radius 3 is 2.83 bits per heavy atom. The van der Waals surface area contributed by atoms with Crippen molar-refractivity contribution in [1.29, 1.82) is 0 Å². The van der Waals surface area contributed by atoms with Crippen LogP contribution in [0.4, 0.5) is 5.69 Å². The summed E-state index contributed by atoms with van der Waals surface area (Å²) >= 11 is 5.13. The van der Waals surface area contributed by atoms with Gasteiger partial charge in [-0.05, 0) is 18.6 Å². The molecule has 1 aromatic carbocycles. The minimum absolute atomic E-state index is 0.0823. The van der Waals surface area contributed by atoms with E-state index >= 15 is 0 Å². The van der Waals surface area contributed by atoms with Crippen LogP contribution in [0.15, 0.2) is 12.1 Å². The van der Waals surface area contributed by atoms with Gasteiger partial charge < -0.3 is 25.2 Å². The fraction of sp³-hybridized carbons (Fsp3) is 0.417. The zero-order valence-electron chi connectivity index (χ0n) is 10.2. The highest BCUT2D eigenvalue weighted by molar-refractivity contribution is 7.80. The molecule has 1 aromatic rings. The van der Waals surface area contributed by atoms with Crippen LogP contribution in [0, 0.1) is 0 Å². The second-order valence-electron chi connectivity index (χ2n) is 3.96. The lowest BCUT2D eigenvalue weighted by atomic mass is 10.2. The maximum absolute atomic E-state index is 9.81. The van der Waals surface area contributed by atoms with Crippen molar-refractivity contribution in [2.45, 2.75) is 19.8 Å². The van der Waals surface area contributed by atoms with Crippen molar-refractivity contribution >= 4 is 23.0 Å². The third-order valence-electron chi connectivity index (χ3n) is 2.55. The van der Waals surface area contributed by atoms with Gasteiger partial charge in [0, 0.05) is 18.7 Å². The topological polar surface area (TPSA) is 62.8 Å². The van der Waals surface area contributed by atoms with Crippen LogP contribution in [-0.4, -0.2) is 23.6 Å². The molecule has 1 heterocycles. The Hall–Kier alpha value is -1.69. The molecule has 5 nitrogen and oxygen atoms in total. The van der Waals surface area contributed by atoms with Gasteiger partial charge in [-0.1, -0.05) is 13.3 Å². The number of phenolic OH excluding ortho intramolecular Hbond substituents is 1. The van der Waals surface area contributed by atoms with Crippen LogP contribution in [-0.2, 0) is 0 Å². The van der Waals surface area contributed by atoms with E-state index in [2.05, 4.69) is 17.6 Å². The molecule has 2 rings (SSSR count). The van der Waals surface area contributed by atoms with Gasteiger partial charge in [0.05, 0.1) is 5.69 Å². The van der Waals surface area contributed by atoms with E-state index in [1.807, 2.05) is 0 Å². The highest BCUT2D eigenvalue weighted by atomic mass is 32.1. The van der Waals surface area contributed by atoms with Gasteiger partial charge in [-0.15, -0.1) is 0 Å². The predicted molar refractivity (Wildman–Crippen MR) is 73.4 cm³/mol. The molecule has 1 aliphatic heterocycles. The quantitative estimate of drug-likeness (QED) is 0.442. The maximum atomic E-state index is 9.81. The number of hydrogen-bond acceptors (Lipinski definition) is 4. The molecule has 0 atom stereocenters. The van der Waals surface area contributed by atoms with Gasteiger partial charge in [0.25, 0.3) is 0 Å². The SMILES string of the molecule is CCCCNC(=S)Nc1cc2c(cc1O)OCO2. The number of phenols is 1. The second-order valence-corrected chi connectivity index (χ2v) is 4.37. The minimum atomic E-state index is 0.0823. The first kappa shape index (κ1) is 12.8. The first-order chi connectivity index (χ1) is 8.70. The van der Waals surface area contributed by atoms with Gasteiger partial charge >= 0.3 is 0 Å². The molecule has 0 aromatic heterocycles. The molecule has 0 unspecified atom stereocenters. The summed E-state index contributed by atoms with van der Waals surface area (Å²) in [6, 6.07) is 3.19. The number of rotatable bonds is 4. The molecule has 0 amide bonds. The largest absolute Gasteiger partial charge is 0.506 e. The summed E-state index contributed by atoms with van der Waals surface area (Å²) in [6.45, 7) is 3.10. The van der Waals surface area contributed by atoms with Crippen molar-refractivity contribution in [2.24, 2.45) is 0 Å². The number of ether oxygens (including phenoxy) is 2. The third kappa shape index (κ3) is 2.95.